The fraction of sp³-hybridized carbons (Fsp3) is 0.158. The molecule has 0 fully saturated rings. The van der Waals surface area contributed by atoms with Crippen molar-refractivity contribution in [3.63, 3.8) is 0 Å². The van der Waals surface area contributed by atoms with E-state index in [0.29, 0.717) is 16.4 Å². The van der Waals surface area contributed by atoms with E-state index in [4.69, 9.17) is 0 Å². The first-order valence-electron chi connectivity index (χ1n) is 8.57. The molecule has 2 heterocycles. The number of carbonyl (C=O) groups is 1. The molecule has 2 aromatic heterocycles. The number of fused-ring (bicyclic) bond motifs is 2. The van der Waals surface area contributed by atoms with Crippen LogP contribution in [-0.2, 0) is 4.79 Å². The van der Waals surface area contributed by atoms with Gasteiger partial charge in [0.15, 0.2) is 0 Å². The predicted octanol–water partition coefficient (Wildman–Crippen LogP) is 2.16. The van der Waals surface area contributed by atoms with Crippen molar-refractivity contribution in [2.24, 2.45) is 0 Å². The van der Waals surface area contributed by atoms with Crippen molar-refractivity contribution in [3.05, 3.63) is 69.4 Å². The lowest BCUT2D eigenvalue weighted by Gasteiger charge is -2.16. The smallest absolute Gasteiger partial charge is 0.324 e. The van der Waals surface area contributed by atoms with Gasteiger partial charge in [0.05, 0.1) is 21.9 Å². The number of nitrogens with one attached hydrogen (secondary N) is 3. The Labute approximate surface area is 152 Å². The third-order valence-electron chi connectivity index (χ3n) is 4.47. The molecule has 0 saturated carbocycles. The van der Waals surface area contributed by atoms with E-state index < -0.39 is 23.2 Å². The lowest BCUT2D eigenvalue weighted by atomic mass is 10.2. The minimum atomic E-state index is -0.959. The molecule has 0 bridgehead atoms. The minimum Gasteiger partial charge on any atom is -0.324 e. The summed E-state index contributed by atoms with van der Waals surface area (Å²) in [6.07, 6.45) is 0.271. The van der Waals surface area contributed by atoms with Crippen LogP contribution in [0.4, 0.5) is 5.95 Å². The summed E-state index contributed by atoms with van der Waals surface area (Å²) >= 11 is 0. The summed E-state index contributed by atoms with van der Waals surface area (Å²) in [6, 6.07) is 13.1. The number of carbonyl (C=O) groups excluding carboxylic acids is 1. The van der Waals surface area contributed by atoms with Crippen LogP contribution in [0.5, 0.6) is 0 Å². The highest BCUT2D eigenvalue weighted by molar-refractivity contribution is 5.94. The number of imidazole rings is 1. The molecule has 4 aromatic rings. The van der Waals surface area contributed by atoms with E-state index in [1.165, 1.54) is 0 Å². The van der Waals surface area contributed by atoms with E-state index >= 15 is 0 Å². The second-order valence-electron chi connectivity index (χ2n) is 6.17. The number of benzene rings is 2. The summed E-state index contributed by atoms with van der Waals surface area (Å²) in [4.78, 5) is 48.0. The average molecular weight is 363 g/mol. The number of rotatable bonds is 4. The van der Waals surface area contributed by atoms with E-state index in [9.17, 15) is 14.4 Å². The van der Waals surface area contributed by atoms with Crippen molar-refractivity contribution in [2.75, 3.05) is 5.32 Å². The number of nitrogens with zero attached hydrogens (tertiary/aromatic N) is 2. The Kier molecular flexibility index (Phi) is 4.08. The molecule has 1 amide bonds. The second-order valence-corrected chi connectivity index (χ2v) is 6.17. The molecular formula is C19H17N5O3. The van der Waals surface area contributed by atoms with Gasteiger partial charge in [-0.1, -0.05) is 31.2 Å². The first kappa shape index (κ1) is 16.8. The Morgan fingerprint density at radius 2 is 1.78 bits per heavy atom. The van der Waals surface area contributed by atoms with Crippen molar-refractivity contribution in [1.29, 1.82) is 0 Å². The SMILES string of the molecule is CC[C@@H](C(=O)Nc1nc2ccccc2[nH]1)n1c(=O)[nH]c2ccccc2c1=O. The maximum atomic E-state index is 12.8. The van der Waals surface area contributed by atoms with E-state index in [1.807, 2.05) is 24.3 Å². The van der Waals surface area contributed by atoms with Gasteiger partial charge in [-0.2, -0.15) is 0 Å². The largest absolute Gasteiger partial charge is 0.329 e. The highest BCUT2D eigenvalue weighted by Gasteiger charge is 2.24. The van der Waals surface area contributed by atoms with Crippen LogP contribution in [0.25, 0.3) is 21.9 Å². The van der Waals surface area contributed by atoms with Crippen molar-refractivity contribution in [2.45, 2.75) is 19.4 Å². The molecule has 0 unspecified atom stereocenters. The normalized spacial score (nSPS) is 12.3. The number of H-pyrrole nitrogens is 2. The molecule has 0 aliphatic carbocycles. The van der Waals surface area contributed by atoms with E-state index in [-0.39, 0.29) is 12.4 Å². The summed E-state index contributed by atoms with van der Waals surface area (Å²) in [7, 11) is 0. The average Bonchev–Trinajstić information content (AvgIpc) is 3.07. The Bertz CT molecular complexity index is 1230. The minimum absolute atomic E-state index is 0.268. The van der Waals surface area contributed by atoms with Crippen molar-refractivity contribution < 1.29 is 4.79 Å². The molecule has 8 nitrogen and oxygen atoms in total. The Morgan fingerprint density at radius 3 is 2.52 bits per heavy atom. The first-order chi connectivity index (χ1) is 13.1. The molecule has 27 heavy (non-hydrogen) atoms. The first-order valence-corrected chi connectivity index (χ1v) is 8.57. The zero-order valence-electron chi connectivity index (χ0n) is 14.5. The molecule has 0 radical (unpaired) electrons. The zero-order chi connectivity index (χ0) is 19.0. The Balaban J connectivity index is 1.73. The van der Waals surface area contributed by atoms with Gasteiger partial charge in [-0.15, -0.1) is 0 Å². The van der Waals surface area contributed by atoms with Gasteiger partial charge in [-0.3, -0.25) is 14.9 Å². The van der Waals surface area contributed by atoms with Gasteiger partial charge >= 0.3 is 5.69 Å². The van der Waals surface area contributed by atoms with Gasteiger partial charge in [0, 0.05) is 0 Å². The van der Waals surface area contributed by atoms with E-state index in [0.717, 1.165) is 10.1 Å². The molecule has 0 aliphatic rings. The maximum absolute atomic E-state index is 12.8. The van der Waals surface area contributed by atoms with Crippen LogP contribution < -0.4 is 16.6 Å². The van der Waals surface area contributed by atoms with Crippen LogP contribution in [0.2, 0.25) is 0 Å². The zero-order valence-corrected chi connectivity index (χ0v) is 14.5. The van der Waals surface area contributed by atoms with Crippen molar-refractivity contribution in [1.82, 2.24) is 19.5 Å². The summed E-state index contributed by atoms with van der Waals surface area (Å²) in [5.41, 5.74) is 0.811. The summed E-state index contributed by atoms with van der Waals surface area (Å²) < 4.78 is 0.959. The summed E-state index contributed by atoms with van der Waals surface area (Å²) in [6.45, 7) is 1.74. The number of aromatic nitrogens is 4. The van der Waals surface area contributed by atoms with Crippen LogP contribution in [0.15, 0.2) is 58.1 Å². The molecule has 4 rings (SSSR count). The highest BCUT2D eigenvalue weighted by atomic mass is 16.2. The highest BCUT2D eigenvalue weighted by Crippen LogP contribution is 2.16. The van der Waals surface area contributed by atoms with Gasteiger partial charge in [0.2, 0.25) is 11.9 Å². The lowest BCUT2D eigenvalue weighted by Crippen LogP contribution is -2.42. The molecular weight excluding hydrogens is 346 g/mol. The topological polar surface area (TPSA) is 113 Å². The maximum Gasteiger partial charge on any atom is 0.329 e. The van der Waals surface area contributed by atoms with Gasteiger partial charge in [-0.25, -0.2) is 14.3 Å². The number of hydrogen-bond acceptors (Lipinski definition) is 4. The van der Waals surface area contributed by atoms with Gasteiger partial charge < -0.3 is 9.97 Å². The van der Waals surface area contributed by atoms with Crippen molar-refractivity contribution in [3.8, 4) is 0 Å². The van der Waals surface area contributed by atoms with Crippen LogP contribution in [-0.4, -0.2) is 25.4 Å². The molecule has 136 valence electrons. The molecule has 8 heteroatoms. The Morgan fingerprint density at radius 1 is 1.07 bits per heavy atom. The molecule has 3 N–H and O–H groups in total. The fourth-order valence-electron chi connectivity index (χ4n) is 3.16. The predicted molar refractivity (Wildman–Crippen MR) is 103 cm³/mol. The second kappa shape index (κ2) is 6.56. The van der Waals surface area contributed by atoms with E-state index in [1.54, 1.807) is 31.2 Å². The summed E-state index contributed by atoms with van der Waals surface area (Å²) in [5.74, 6) is -0.218. The number of para-hydroxylation sites is 3. The van der Waals surface area contributed by atoms with Gasteiger partial charge in [-0.05, 0) is 30.7 Å². The van der Waals surface area contributed by atoms with Crippen LogP contribution in [0.3, 0.4) is 0 Å². The van der Waals surface area contributed by atoms with Crippen molar-refractivity contribution >= 4 is 33.8 Å². The number of anilines is 1. The number of aromatic amines is 2. The van der Waals surface area contributed by atoms with Gasteiger partial charge in [0.25, 0.3) is 5.56 Å². The molecule has 0 aliphatic heterocycles. The van der Waals surface area contributed by atoms with Crippen LogP contribution in [0.1, 0.15) is 19.4 Å². The van der Waals surface area contributed by atoms with Crippen LogP contribution in [0, 0.1) is 0 Å². The lowest BCUT2D eigenvalue weighted by molar-refractivity contribution is -0.119. The summed E-state index contributed by atoms with van der Waals surface area (Å²) in [5, 5.41) is 3.02. The Hall–Kier alpha value is -3.68. The third-order valence-corrected chi connectivity index (χ3v) is 4.47. The molecule has 0 spiro atoms. The third kappa shape index (κ3) is 2.91. The molecule has 1 atom stereocenters. The standard InChI is InChI=1S/C19H17N5O3/c1-2-15(16(25)23-18-20-13-9-5-6-10-14(13)21-18)24-17(26)11-7-3-4-8-12(11)22-19(24)27/h3-10,15H,2H2,1H3,(H,22,27)(H2,20,21,23,25)/t15-/m0/s1. The molecule has 0 saturated heterocycles. The van der Waals surface area contributed by atoms with E-state index in [2.05, 4.69) is 20.3 Å². The monoisotopic (exact) mass is 363 g/mol. The number of amides is 1. The quantitative estimate of drug-likeness (QED) is 0.516. The van der Waals surface area contributed by atoms with Crippen LogP contribution >= 0.6 is 0 Å². The van der Waals surface area contributed by atoms with Gasteiger partial charge in [0.1, 0.15) is 6.04 Å². The molecule has 2 aromatic carbocycles. The number of hydrogen-bond donors (Lipinski definition) is 3. The fourth-order valence-corrected chi connectivity index (χ4v) is 3.16.